The molecule has 234 valence electrons. The van der Waals surface area contributed by atoms with Crippen LogP contribution in [0.25, 0.3) is 0 Å². The highest BCUT2D eigenvalue weighted by molar-refractivity contribution is 5.83. The average Bonchev–Trinajstić information content (AvgIpc) is 2.95. The quantitative estimate of drug-likeness (QED) is 0.0705. The third kappa shape index (κ3) is 28.9. The molecule has 0 heterocycles. The van der Waals surface area contributed by atoms with E-state index in [1.807, 2.05) is 0 Å². The summed E-state index contributed by atoms with van der Waals surface area (Å²) in [5.74, 6) is -0.360. The number of aliphatic hydroxyl groups excluding tert-OH is 3. The summed E-state index contributed by atoms with van der Waals surface area (Å²) in [4.78, 5) is 11.7. The fraction of sp³-hybridized carbons (Fsp3) is 0.971. The molecule has 0 radical (unpaired) electrons. The first-order valence-corrected chi connectivity index (χ1v) is 17.6. The minimum absolute atomic E-state index is 0.289. The van der Waals surface area contributed by atoms with E-state index in [1.165, 1.54) is 167 Å². The Kier molecular flexibility index (Phi) is 31.7. The number of carbonyl (C=O) groups excluding carboxylic acids is 1. The molecule has 0 aromatic carbocycles. The van der Waals surface area contributed by atoms with Gasteiger partial charge in [-0.2, -0.15) is 0 Å². The summed E-state index contributed by atoms with van der Waals surface area (Å²) in [6, 6.07) is 0. The van der Waals surface area contributed by atoms with E-state index in [9.17, 15) is 15.0 Å². The van der Waals surface area contributed by atoms with Crippen LogP contribution >= 0.6 is 0 Å². The van der Waals surface area contributed by atoms with Crippen molar-refractivity contribution in [2.24, 2.45) is 0 Å². The van der Waals surface area contributed by atoms with Crippen molar-refractivity contribution >= 4 is 5.78 Å². The molecule has 2 atom stereocenters. The molecule has 3 N–H and O–H groups in total. The fourth-order valence-corrected chi connectivity index (χ4v) is 5.61. The summed E-state index contributed by atoms with van der Waals surface area (Å²) in [5.41, 5.74) is 0. The molecular formula is C35H70O4. The molecule has 0 amide bonds. The Bertz CT molecular complexity index is 481. The maximum Gasteiger partial charge on any atom is 0.164 e. The summed E-state index contributed by atoms with van der Waals surface area (Å²) in [5, 5.41) is 27.6. The molecule has 0 aromatic heterocycles. The second-order valence-electron chi connectivity index (χ2n) is 12.3. The smallest absolute Gasteiger partial charge is 0.164 e. The number of carbonyl (C=O) groups is 1. The fourth-order valence-electron chi connectivity index (χ4n) is 5.61. The molecule has 0 bridgehead atoms. The maximum absolute atomic E-state index is 11.7. The Morgan fingerprint density at radius 2 is 0.667 bits per heavy atom. The lowest BCUT2D eigenvalue weighted by molar-refractivity contribution is -0.134. The van der Waals surface area contributed by atoms with Gasteiger partial charge in [-0.05, 0) is 6.42 Å². The Morgan fingerprint density at radius 3 is 0.897 bits per heavy atom. The van der Waals surface area contributed by atoms with Gasteiger partial charge in [0.15, 0.2) is 5.78 Å². The van der Waals surface area contributed by atoms with Gasteiger partial charge in [0, 0.05) is 6.42 Å². The molecule has 0 fully saturated rings. The Hall–Kier alpha value is -0.450. The van der Waals surface area contributed by atoms with Crippen molar-refractivity contribution in [3.05, 3.63) is 0 Å². The van der Waals surface area contributed by atoms with E-state index < -0.39 is 18.8 Å². The molecule has 0 spiro atoms. The first-order chi connectivity index (χ1) is 19.1. The molecule has 2 unspecified atom stereocenters. The van der Waals surface area contributed by atoms with Crippen LogP contribution in [0.3, 0.4) is 0 Å². The molecule has 0 aliphatic carbocycles. The van der Waals surface area contributed by atoms with Gasteiger partial charge in [0.2, 0.25) is 0 Å². The normalized spacial score (nSPS) is 13.1. The van der Waals surface area contributed by atoms with Crippen molar-refractivity contribution in [3.8, 4) is 0 Å². The topological polar surface area (TPSA) is 77.8 Å². The lowest BCUT2D eigenvalue weighted by atomic mass is 10.0. The lowest BCUT2D eigenvalue weighted by Crippen LogP contribution is -2.36. The number of rotatable bonds is 33. The summed E-state index contributed by atoms with van der Waals surface area (Å²) in [6.45, 7) is 1.72. The van der Waals surface area contributed by atoms with Crippen LogP contribution in [0.15, 0.2) is 0 Å². The summed E-state index contributed by atoms with van der Waals surface area (Å²) in [7, 11) is 0. The third-order valence-corrected chi connectivity index (χ3v) is 8.41. The lowest BCUT2D eigenvalue weighted by Gasteiger charge is -2.13. The number of ketones is 1. The first kappa shape index (κ1) is 38.5. The van der Waals surface area contributed by atoms with Crippen molar-refractivity contribution < 1.29 is 20.1 Å². The number of Topliss-reactive ketones (excluding diaryl/α,β-unsaturated/α-hetero) is 1. The number of aliphatic hydroxyl groups is 3. The van der Waals surface area contributed by atoms with Crippen LogP contribution in [0.1, 0.15) is 200 Å². The van der Waals surface area contributed by atoms with Gasteiger partial charge in [-0.1, -0.05) is 187 Å². The molecular weight excluding hydrogens is 484 g/mol. The van der Waals surface area contributed by atoms with E-state index in [0.29, 0.717) is 0 Å². The van der Waals surface area contributed by atoms with Crippen molar-refractivity contribution in [1.82, 2.24) is 0 Å². The summed E-state index contributed by atoms with van der Waals surface area (Å²) < 4.78 is 0. The highest BCUT2D eigenvalue weighted by Crippen LogP contribution is 2.16. The third-order valence-electron chi connectivity index (χ3n) is 8.41. The van der Waals surface area contributed by atoms with Crippen molar-refractivity contribution in [2.75, 3.05) is 6.61 Å². The Balaban J connectivity index is 3.13. The largest absolute Gasteiger partial charge is 0.394 e. The van der Waals surface area contributed by atoms with Gasteiger partial charge in [-0.3, -0.25) is 4.79 Å². The molecule has 4 nitrogen and oxygen atoms in total. The predicted octanol–water partition coefficient (Wildman–Crippen LogP) is 9.99. The minimum atomic E-state index is -1.44. The standard InChI is InChI=1S/C35H70O4/c1-2-3-4-5-6-7-8-9-10-11-12-13-14-15-16-17-18-19-20-21-22-23-24-25-26-27-28-29-30-31-33(37)35(39)34(38)32-36/h34-36,38-39H,2-32H2,1H3. The van der Waals surface area contributed by atoms with E-state index in [-0.39, 0.29) is 12.2 Å². The predicted molar refractivity (Wildman–Crippen MR) is 168 cm³/mol. The highest BCUT2D eigenvalue weighted by atomic mass is 16.4. The molecule has 39 heavy (non-hydrogen) atoms. The zero-order valence-corrected chi connectivity index (χ0v) is 26.3. The van der Waals surface area contributed by atoms with Crippen LogP contribution in [-0.4, -0.2) is 39.9 Å². The zero-order chi connectivity index (χ0) is 28.7. The van der Waals surface area contributed by atoms with E-state index in [1.54, 1.807) is 0 Å². The van der Waals surface area contributed by atoms with Gasteiger partial charge in [0.1, 0.15) is 12.2 Å². The molecule has 0 aliphatic rings. The van der Waals surface area contributed by atoms with Crippen LogP contribution in [0.2, 0.25) is 0 Å². The van der Waals surface area contributed by atoms with E-state index >= 15 is 0 Å². The van der Waals surface area contributed by atoms with Gasteiger partial charge in [0.25, 0.3) is 0 Å². The molecule has 0 rings (SSSR count). The van der Waals surface area contributed by atoms with Crippen molar-refractivity contribution in [2.45, 2.75) is 212 Å². The van der Waals surface area contributed by atoms with E-state index in [2.05, 4.69) is 6.92 Å². The summed E-state index contributed by atoms with van der Waals surface area (Å²) >= 11 is 0. The monoisotopic (exact) mass is 555 g/mol. The summed E-state index contributed by atoms with van der Waals surface area (Å²) in [6.07, 6.45) is 37.2. The van der Waals surface area contributed by atoms with Gasteiger partial charge < -0.3 is 15.3 Å². The molecule has 0 saturated carbocycles. The van der Waals surface area contributed by atoms with Crippen LogP contribution in [0, 0.1) is 0 Å². The molecule has 0 aromatic rings. The SMILES string of the molecule is CCCCCCCCCCCCCCCCCCCCCCCCCCCCCCCC(=O)C(O)C(O)CO. The minimum Gasteiger partial charge on any atom is -0.394 e. The number of hydrogen-bond acceptors (Lipinski definition) is 4. The van der Waals surface area contributed by atoms with Gasteiger partial charge in [-0.25, -0.2) is 0 Å². The number of hydrogen-bond donors (Lipinski definition) is 3. The second kappa shape index (κ2) is 32.1. The maximum atomic E-state index is 11.7. The number of unbranched alkanes of at least 4 members (excludes halogenated alkanes) is 28. The zero-order valence-electron chi connectivity index (χ0n) is 26.3. The van der Waals surface area contributed by atoms with Crippen LogP contribution in [0.5, 0.6) is 0 Å². The van der Waals surface area contributed by atoms with Crippen LogP contribution in [-0.2, 0) is 4.79 Å². The molecule has 4 heteroatoms. The van der Waals surface area contributed by atoms with Gasteiger partial charge in [0.05, 0.1) is 6.61 Å². The van der Waals surface area contributed by atoms with Crippen LogP contribution in [0.4, 0.5) is 0 Å². The van der Waals surface area contributed by atoms with Crippen molar-refractivity contribution in [3.63, 3.8) is 0 Å². The van der Waals surface area contributed by atoms with Gasteiger partial charge >= 0.3 is 0 Å². The second-order valence-corrected chi connectivity index (χ2v) is 12.3. The van der Waals surface area contributed by atoms with E-state index in [4.69, 9.17) is 5.11 Å². The molecule has 0 saturated heterocycles. The Morgan fingerprint density at radius 1 is 0.436 bits per heavy atom. The van der Waals surface area contributed by atoms with Crippen LogP contribution < -0.4 is 0 Å². The van der Waals surface area contributed by atoms with Crippen molar-refractivity contribution in [1.29, 1.82) is 0 Å². The van der Waals surface area contributed by atoms with E-state index in [0.717, 1.165) is 19.3 Å². The Labute approximate surface area is 244 Å². The average molecular weight is 555 g/mol. The first-order valence-electron chi connectivity index (χ1n) is 17.6. The highest BCUT2D eigenvalue weighted by Gasteiger charge is 2.22. The molecule has 0 aliphatic heterocycles. The van der Waals surface area contributed by atoms with Gasteiger partial charge in [-0.15, -0.1) is 0 Å².